The Labute approximate surface area is 115 Å². The number of nitrogens with two attached hydrogens (primary N) is 1. The van der Waals surface area contributed by atoms with Crippen molar-refractivity contribution in [2.45, 2.75) is 46.1 Å². The summed E-state index contributed by atoms with van der Waals surface area (Å²) in [5.41, 5.74) is 5.71. The number of nitrogens with one attached hydrogen (secondary N) is 1. The molecule has 0 radical (unpaired) electrons. The first-order chi connectivity index (χ1) is 9.01. The van der Waals surface area contributed by atoms with Crippen molar-refractivity contribution in [3.63, 3.8) is 0 Å². The van der Waals surface area contributed by atoms with Crippen LogP contribution in [0.3, 0.4) is 0 Å². The number of hydrogen-bond donors (Lipinski definition) is 2. The van der Waals surface area contributed by atoms with Crippen molar-refractivity contribution < 1.29 is 9.21 Å². The second-order valence-corrected chi connectivity index (χ2v) is 5.69. The zero-order chi connectivity index (χ0) is 14.3. The first kappa shape index (κ1) is 15.8. The largest absolute Gasteiger partial charge is 0.469 e. The van der Waals surface area contributed by atoms with Crippen LogP contribution in [0.25, 0.3) is 0 Å². The van der Waals surface area contributed by atoms with Gasteiger partial charge in [-0.2, -0.15) is 0 Å². The second kappa shape index (κ2) is 8.00. The third kappa shape index (κ3) is 6.43. The first-order valence-electron chi connectivity index (χ1n) is 7.03. The fourth-order valence-electron chi connectivity index (χ4n) is 2.31. The van der Waals surface area contributed by atoms with Gasteiger partial charge in [0, 0.05) is 18.9 Å². The Morgan fingerprint density at radius 3 is 2.68 bits per heavy atom. The van der Waals surface area contributed by atoms with Crippen LogP contribution in [0.15, 0.2) is 22.8 Å². The molecule has 0 aliphatic rings. The van der Waals surface area contributed by atoms with Crippen LogP contribution < -0.4 is 11.1 Å². The molecule has 1 rings (SSSR count). The molecule has 19 heavy (non-hydrogen) atoms. The number of hydrogen-bond acceptors (Lipinski definition) is 3. The minimum Gasteiger partial charge on any atom is -0.469 e. The van der Waals surface area contributed by atoms with Crippen molar-refractivity contribution >= 4 is 5.91 Å². The molecule has 1 aromatic rings. The van der Waals surface area contributed by atoms with E-state index in [1.807, 2.05) is 19.1 Å². The number of carbonyl (C=O) groups excluding carboxylic acids is 1. The molecule has 0 spiro atoms. The van der Waals surface area contributed by atoms with Crippen molar-refractivity contribution in [1.29, 1.82) is 0 Å². The molecule has 0 bridgehead atoms. The summed E-state index contributed by atoms with van der Waals surface area (Å²) in [5, 5.41) is 3.00. The van der Waals surface area contributed by atoms with Crippen molar-refractivity contribution in [2.75, 3.05) is 6.54 Å². The molecule has 0 aliphatic carbocycles. The highest BCUT2D eigenvalue weighted by atomic mass is 16.3. The third-order valence-electron chi connectivity index (χ3n) is 3.11. The highest BCUT2D eigenvalue weighted by Crippen LogP contribution is 2.14. The molecule has 4 nitrogen and oxygen atoms in total. The fourth-order valence-corrected chi connectivity index (χ4v) is 2.31. The van der Waals surface area contributed by atoms with E-state index in [0.717, 1.165) is 18.6 Å². The molecule has 1 amide bonds. The number of carbonyl (C=O) groups is 1. The van der Waals surface area contributed by atoms with E-state index in [2.05, 4.69) is 19.2 Å². The molecule has 4 heteroatoms. The molecular formula is C15H26N2O2. The van der Waals surface area contributed by atoms with Gasteiger partial charge in [-0.05, 0) is 43.9 Å². The summed E-state index contributed by atoms with van der Waals surface area (Å²) in [5.74, 6) is 1.82. The van der Waals surface area contributed by atoms with E-state index in [0.29, 0.717) is 18.9 Å². The van der Waals surface area contributed by atoms with Gasteiger partial charge in [-0.25, -0.2) is 0 Å². The lowest BCUT2D eigenvalue weighted by Crippen LogP contribution is -2.36. The second-order valence-electron chi connectivity index (χ2n) is 5.69. The van der Waals surface area contributed by atoms with E-state index in [1.54, 1.807) is 6.26 Å². The molecular weight excluding hydrogens is 240 g/mol. The molecule has 0 saturated heterocycles. The topological polar surface area (TPSA) is 68.3 Å². The lowest BCUT2D eigenvalue weighted by Gasteiger charge is -2.18. The van der Waals surface area contributed by atoms with Crippen LogP contribution in [-0.4, -0.2) is 18.5 Å². The monoisotopic (exact) mass is 266 g/mol. The van der Waals surface area contributed by atoms with Crippen LogP contribution in [0.2, 0.25) is 0 Å². The molecule has 0 aromatic carbocycles. The maximum atomic E-state index is 11.9. The normalized spacial score (nSPS) is 14.4. The van der Waals surface area contributed by atoms with Crippen LogP contribution in [0.4, 0.5) is 0 Å². The Balaban J connectivity index is 2.33. The van der Waals surface area contributed by atoms with Gasteiger partial charge >= 0.3 is 0 Å². The van der Waals surface area contributed by atoms with Crippen molar-refractivity contribution in [3.8, 4) is 0 Å². The van der Waals surface area contributed by atoms with Crippen LogP contribution >= 0.6 is 0 Å². The molecule has 1 heterocycles. The summed E-state index contributed by atoms with van der Waals surface area (Å²) in [6.07, 6.45) is 3.88. The minimum atomic E-state index is 0.0788. The fraction of sp³-hybridized carbons (Fsp3) is 0.667. The first-order valence-corrected chi connectivity index (χ1v) is 7.03. The maximum absolute atomic E-state index is 11.9. The summed E-state index contributed by atoms with van der Waals surface area (Å²) >= 11 is 0. The van der Waals surface area contributed by atoms with Crippen LogP contribution in [-0.2, 0) is 11.2 Å². The molecule has 0 saturated carbocycles. The number of rotatable bonds is 8. The molecule has 2 atom stereocenters. The minimum absolute atomic E-state index is 0.0788. The average Bonchev–Trinajstić information content (AvgIpc) is 2.79. The third-order valence-corrected chi connectivity index (χ3v) is 3.11. The summed E-state index contributed by atoms with van der Waals surface area (Å²) in [4.78, 5) is 11.9. The van der Waals surface area contributed by atoms with E-state index >= 15 is 0 Å². The van der Waals surface area contributed by atoms with Gasteiger partial charge in [0.25, 0.3) is 0 Å². The van der Waals surface area contributed by atoms with Gasteiger partial charge in [0.05, 0.1) is 6.26 Å². The Morgan fingerprint density at radius 2 is 2.16 bits per heavy atom. The predicted octanol–water partition coefficient (Wildman–Crippen LogP) is 2.34. The van der Waals surface area contributed by atoms with Gasteiger partial charge in [-0.3, -0.25) is 4.79 Å². The zero-order valence-electron chi connectivity index (χ0n) is 12.2. The molecule has 3 N–H and O–H groups in total. The van der Waals surface area contributed by atoms with Gasteiger partial charge in [0.1, 0.15) is 5.76 Å². The van der Waals surface area contributed by atoms with Crippen molar-refractivity contribution in [2.24, 2.45) is 17.6 Å². The molecule has 0 aliphatic heterocycles. The van der Waals surface area contributed by atoms with E-state index in [-0.39, 0.29) is 17.9 Å². The molecule has 0 fully saturated rings. The quantitative estimate of drug-likeness (QED) is 0.759. The lowest BCUT2D eigenvalue weighted by atomic mass is 9.94. The molecule has 1 unspecified atom stereocenters. The Bertz CT molecular complexity index is 360. The van der Waals surface area contributed by atoms with Crippen LogP contribution in [0.1, 0.15) is 39.4 Å². The van der Waals surface area contributed by atoms with E-state index in [1.165, 1.54) is 0 Å². The van der Waals surface area contributed by atoms with Gasteiger partial charge in [0.2, 0.25) is 5.91 Å². The Kier molecular flexibility index (Phi) is 6.64. The van der Waals surface area contributed by atoms with E-state index < -0.39 is 0 Å². The maximum Gasteiger partial charge on any atom is 0.220 e. The molecule has 1 aromatic heterocycles. The smallest absolute Gasteiger partial charge is 0.220 e. The summed E-state index contributed by atoms with van der Waals surface area (Å²) in [6.45, 7) is 6.86. The Morgan fingerprint density at radius 1 is 1.42 bits per heavy atom. The van der Waals surface area contributed by atoms with Crippen molar-refractivity contribution in [3.05, 3.63) is 24.2 Å². The Hall–Kier alpha value is -1.29. The van der Waals surface area contributed by atoms with Gasteiger partial charge in [-0.15, -0.1) is 0 Å². The van der Waals surface area contributed by atoms with Gasteiger partial charge in [0.15, 0.2) is 0 Å². The summed E-state index contributed by atoms with van der Waals surface area (Å²) < 4.78 is 5.27. The van der Waals surface area contributed by atoms with Gasteiger partial charge < -0.3 is 15.5 Å². The summed E-state index contributed by atoms with van der Waals surface area (Å²) in [6, 6.07) is 3.86. The van der Waals surface area contributed by atoms with Crippen LogP contribution in [0.5, 0.6) is 0 Å². The predicted molar refractivity (Wildman–Crippen MR) is 76.6 cm³/mol. The van der Waals surface area contributed by atoms with Gasteiger partial charge in [-0.1, -0.05) is 13.8 Å². The lowest BCUT2D eigenvalue weighted by molar-refractivity contribution is -0.122. The zero-order valence-corrected chi connectivity index (χ0v) is 12.2. The van der Waals surface area contributed by atoms with Crippen molar-refractivity contribution in [1.82, 2.24) is 5.32 Å². The number of furan rings is 1. The summed E-state index contributed by atoms with van der Waals surface area (Å²) in [7, 11) is 0. The highest BCUT2D eigenvalue weighted by molar-refractivity contribution is 5.76. The average molecular weight is 266 g/mol. The highest BCUT2D eigenvalue weighted by Gasteiger charge is 2.16. The van der Waals surface area contributed by atoms with E-state index in [4.69, 9.17) is 10.2 Å². The number of amides is 1. The standard InChI is InChI=1S/C15H26N2O2/c1-11(2)7-13(10-16)9-15(18)17-12(3)8-14-5-4-6-19-14/h4-6,11-13H,7-10,16H2,1-3H3,(H,17,18)/t12?,13-/m0/s1. The van der Waals surface area contributed by atoms with E-state index in [9.17, 15) is 4.79 Å². The molecule has 108 valence electrons. The van der Waals surface area contributed by atoms with Crippen LogP contribution in [0, 0.1) is 11.8 Å². The SMILES string of the molecule is CC(C)C[C@H](CN)CC(=O)NC(C)Cc1ccco1.